The molecule has 8 heteroatoms. The molecule has 0 unspecified atom stereocenters. The van der Waals surface area contributed by atoms with Crippen LogP contribution in [0.3, 0.4) is 0 Å². The van der Waals surface area contributed by atoms with Gasteiger partial charge in [-0.2, -0.15) is 0 Å². The van der Waals surface area contributed by atoms with Crippen molar-refractivity contribution in [2.45, 2.75) is 13.0 Å². The van der Waals surface area contributed by atoms with E-state index in [-0.39, 0.29) is 0 Å². The van der Waals surface area contributed by atoms with Gasteiger partial charge in [0.05, 0.1) is 27.4 Å². The van der Waals surface area contributed by atoms with Crippen LogP contribution in [0.5, 0.6) is 11.5 Å². The molecular weight excluding hydrogens is 298 g/mol. The molecule has 1 fully saturated rings. The van der Waals surface area contributed by atoms with Gasteiger partial charge in [-0.1, -0.05) is 5.10 Å². The van der Waals surface area contributed by atoms with Crippen LogP contribution >= 0.6 is 0 Å². The van der Waals surface area contributed by atoms with Crippen molar-refractivity contribution in [3.63, 3.8) is 0 Å². The maximum Gasteiger partial charge on any atom is 0.245 e. The Hall–Kier alpha value is -2.35. The van der Waals surface area contributed by atoms with Crippen molar-refractivity contribution in [3.05, 3.63) is 23.8 Å². The Bertz CT molecular complexity index is 638. The lowest BCUT2D eigenvalue weighted by molar-refractivity contribution is 0.152. The van der Waals surface area contributed by atoms with Crippen molar-refractivity contribution in [1.82, 2.24) is 20.2 Å². The first-order valence-electron chi connectivity index (χ1n) is 7.61. The maximum absolute atomic E-state index is 5.49. The first-order valence-corrected chi connectivity index (χ1v) is 7.61. The van der Waals surface area contributed by atoms with Crippen molar-refractivity contribution in [3.8, 4) is 11.5 Å². The summed E-state index contributed by atoms with van der Waals surface area (Å²) < 4.78 is 18.0. The van der Waals surface area contributed by atoms with Crippen LogP contribution in [0.4, 0.5) is 5.95 Å². The third-order valence-corrected chi connectivity index (χ3v) is 3.83. The van der Waals surface area contributed by atoms with Gasteiger partial charge in [-0.25, -0.2) is 4.68 Å². The normalized spacial score (nSPS) is 15.3. The number of hydrogen-bond donors (Lipinski definition) is 0. The van der Waals surface area contributed by atoms with Crippen LogP contribution in [-0.2, 0) is 11.3 Å². The molecule has 1 aliphatic heterocycles. The van der Waals surface area contributed by atoms with E-state index in [1.54, 1.807) is 18.9 Å². The molecule has 0 amide bonds. The van der Waals surface area contributed by atoms with Crippen LogP contribution in [0.1, 0.15) is 12.0 Å². The minimum atomic E-state index is 0.514. The highest BCUT2D eigenvalue weighted by Crippen LogP contribution is 2.25. The van der Waals surface area contributed by atoms with Gasteiger partial charge in [0.2, 0.25) is 5.95 Å². The van der Waals surface area contributed by atoms with Gasteiger partial charge in [0.25, 0.3) is 0 Å². The molecule has 3 rings (SSSR count). The molecule has 0 spiro atoms. The summed E-state index contributed by atoms with van der Waals surface area (Å²) >= 11 is 0. The van der Waals surface area contributed by atoms with E-state index in [4.69, 9.17) is 14.2 Å². The molecule has 2 heterocycles. The summed E-state index contributed by atoms with van der Waals surface area (Å²) in [6.45, 7) is 3.66. The van der Waals surface area contributed by atoms with Gasteiger partial charge in [-0.05, 0) is 35.0 Å². The number of aromatic nitrogens is 4. The van der Waals surface area contributed by atoms with Crippen molar-refractivity contribution in [2.24, 2.45) is 0 Å². The summed E-state index contributed by atoms with van der Waals surface area (Å²) in [6, 6.07) is 5.70. The molecule has 23 heavy (non-hydrogen) atoms. The summed E-state index contributed by atoms with van der Waals surface area (Å²) in [6.07, 6.45) is 0.968. The van der Waals surface area contributed by atoms with E-state index in [2.05, 4.69) is 20.4 Å². The van der Waals surface area contributed by atoms with E-state index in [0.717, 1.165) is 49.1 Å². The molecule has 1 saturated heterocycles. The molecule has 1 aromatic heterocycles. The van der Waals surface area contributed by atoms with Gasteiger partial charge in [-0.3, -0.25) is 0 Å². The van der Waals surface area contributed by atoms with Crippen molar-refractivity contribution in [1.29, 1.82) is 0 Å². The van der Waals surface area contributed by atoms with Gasteiger partial charge in [0, 0.05) is 25.3 Å². The summed E-state index contributed by atoms with van der Waals surface area (Å²) in [5, 5.41) is 12.1. The van der Waals surface area contributed by atoms with Crippen LogP contribution in [0, 0.1) is 0 Å². The molecule has 124 valence electrons. The highest BCUT2D eigenvalue weighted by atomic mass is 16.5. The van der Waals surface area contributed by atoms with Gasteiger partial charge < -0.3 is 19.1 Å². The molecule has 1 aromatic carbocycles. The summed E-state index contributed by atoms with van der Waals surface area (Å²) in [5.74, 6) is 2.31. The minimum Gasteiger partial charge on any atom is -0.497 e. The fourth-order valence-corrected chi connectivity index (χ4v) is 2.64. The zero-order valence-corrected chi connectivity index (χ0v) is 13.4. The lowest BCUT2D eigenvalue weighted by Crippen LogP contribution is -2.29. The Kier molecular flexibility index (Phi) is 4.92. The first-order chi connectivity index (χ1) is 11.3. The molecule has 8 nitrogen and oxygen atoms in total. The van der Waals surface area contributed by atoms with Gasteiger partial charge in [0.1, 0.15) is 11.5 Å². The number of ether oxygens (including phenoxy) is 3. The van der Waals surface area contributed by atoms with Crippen LogP contribution in [0.15, 0.2) is 18.2 Å². The summed E-state index contributed by atoms with van der Waals surface area (Å²) in [7, 11) is 3.29. The Morgan fingerprint density at radius 1 is 1.17 bits per heavy atom. The molecule has 0 saturated carbocycles. The molecule has 2 aromatic rings. The zero-order chi connectivity index (χ0) is 16.1. The predicted octanol–water partition coefficient (Wildman–Crippen LogP) is 0.965. The molecule has 0 aliphatic carbocycles. The first kappa shape index (κ1) is 15.5. The second-order valence-corrected chi connectivity index (χ2v) is 5.27. The fraction of sp³-hybridized carbons (Fsp3) is 0.533. The third kappa shape index (κ3) is 3.53. The highest BCUT2D eigenvalue weighted by molar-refractivity contribution is 5.41. The third-order valence-electron chi connectivity index (χ3n) is 3.83. The number of methoxy groups -OCH3 is 2. The Labute approximate surface area is 134 Å². The van der Waals surface area contributed by atoms with Crippen molar-refractivity contribution in [2.75, 3.05) is 45.4 Å². The number of tetrazole rings is 1. The van der Waals surface area contributed by atoms with E-state index in [9.17, 15) is 0 Å². The molecule has 0 bridgehead atoms. The van der Waals surface area contributed by atoms with E-state index in [0.29, 0.717) is 13.2 Å². The maximum atomic E-state index is 5.49. The Morgan fingerprint density at radius 2 is 2.09 bits per heavy atom. The monoisotopic (exact) mass is 319 g/mol. The predicted molar refractivity (Wildman–Crippen MR) is 84.1 cm³/mol. The zero-order valence-electron chi connectivity index (χ0n) is 13.4. The van der Waals surface area contributed by atoms with E-state index < -0.39 is 0 Å². The number of nitrogens with zero attached hydrogens (tertiary/aromatic N) is 5. The van der Waals surface area contributed by atoms with Crippen LogP contribution < -0.4 is 14.4 Å². The topological polar surface area (TPSA) is 74.5 Å². The van der Waals surface area contributed by atoms with Crippen LogP contribution in [0.25, 0.3) is 0 Å². The summed E-state index contributed by atoms with van der Waals surface area (Å²) in [5.41, 5.74) is 0.964. The van der Waals surface area contributed by atoms with Gasteiger partial charge in [0.15, 0.2) is 0 Å². The smallest absolute Gasteiger partial charge is 0.245 e. The van der Waals surface area contributed by atoms with Crippen molar-refractivity contribution < 1.29 is 14.2 Å². The molecule has 0 atom stereocenters. The summed E-state index contributed by atoms with van der Waals surface area (Å²) in [4.78, 5) is 2.15. The van der Waals surface area contributed by atoms with Gasteiger partial charge in [-0.15, -0.1) is 0 Å². The van der Waals surface area contributed by atoms with Gasteiger partial charge >= 0.3 is 0 Å². The highest BCUT2D eigenvalue weighted by Gasteiger charge is 2.18. The van der Waals surface area contributed by atoms with E-state index in [1.807, 2.05) is 18.2 Å². The largest absolute Gasteiger partial charge is 0.497 e. The Morgan fingerprint density at radius 3 is 2.91 bits per heavy atom. The number of anilines is 1. The van der Waals surface area contributed by atoms with Crippen molar-refractivity contribution >= 4 is 5.95 Å². The van der Waals surface area contributed by atoms with E-state index >= 15 is 0 Å². The lowest BCUT2D eigenvalue weighted by Gasteiger charge is -2.20. The standard InChI is InChI=1S/C15H21N5O3/c1-21-13-4-5-14(22-2)12(10-13)11-20-15(16-17-18-20)19-6-3-8-23-9-7-19/h4-5,10H,3,6-9,11H2,1-2H3. The number of benzene rings is 1. The van der Waals surface area contributed by atoms with E-state index in [1.165, 1.54) is 0 Å². The lowest BCUT2D eigenvalue weighted by atomic mass is 10.2. The second-order valence-electron chi connectivity index (χ2n) is 5.27. The van der Waals surface area contributed by atoms with Crippen LogP contribution in [-0.4, -0.2) is 60.7 Å². The average molecular weight is 319 g/mol. The number of hydrogen-bond acceptors (Lipinski definition) is 7. The quantitative estimate of drug-likeness (QED) is 0.812. The number of rotatable bonds is 5. The molecule has 0 radical (unpaired) electrons. The minimum absolute atomic E-state index is 0.514. The molecular formula is C15H21N5O3. The van der Waals surface area contributed by atoms with Crippen LogP contribution in [0.2, 0.25) is 0 Å². The molecule has 1 aliphatic rings. The Balaban J connectivity index is 1.85. The molecule has 0 N–H and O–H groups in total. The average Bonchev–Trinajstić information content (AvgIpc) is 2.87. The SMILES string of the molecule is COc1ccc(OC)c(Cn2nnnc2N2CCCOCC2)c1. The fourth-order valence-electron chi connectivity index (χ4n) is 2.64. The second kappa shape index (κ2) is 7.28.